The fraction of sp³-hybridized carbons (Fsp3) is 0.333. The highest BCUT2D eigenvalue weighted by atomic mass is 32.1. The summed E-state index contributed by atoms with van der Waals surface area (Å²) in [6, 6.07) is 22.0. The summed E-state index contributed by atoms with van der Waals surface area (Å²) in [5, 5.41) is 14.3. The average molecular weight is 411 g/mol. The smallest absolute Gasteiger partial charge is 0.184 e. The van der Waals surface area contributed by atoms with Crippen LogP contribution in [0.4, 0.5) is 0 Å². The number of hydrogen-bond donors (Lipinski definition) is 1. The van der Waals surface area contributed by atoms with Gasteiger partial charge < -0.3 is 9.53 Å². The normalized spacial score (nSPS) is 13.7. The standard InChI is InChI=1S/C24H30O2SSi/c1-18(2)22(26-28(3,4)5)21-16-17-27-23(21)24(25,19-12-8-6-9-13-19)20-14-10-7-11-15-20/h6-18,22,25H,1-5H3. The number of hydrogen-bond acceptors (Lipinski definition) is 3. The highest BCUT2D eigenvalue weighted by molar-refractivity contribution is 7.10. The zero-order valence-electron chi connectivity index (χ0n) is 17.3. The molecule has 2 nitrogen and oxygen atoms in total. The van der Waals surface area contributed by atoms with E-state index in [2.05, 4.69) is 44.9 Å². The van der Waals surface area contributed by atoms with E-state index in [9.17, 15) is 5.11 Å². The van der Waals surface area contributed by atoms with Crippen molar-refractivity contribution >= 4 is 19.7 Å². The van der Waals surface area contributed by atoms with Gasteiger partial charge in [-0.25, -0.2) is 0 Å². The van der Waals surface area contributed by atoms with Crippen LogP contribution in [0.25, 0.3) is 0 Å². The summed E-state index contributed by atoms with van der Waals surface area (Å²) in [4.78, 5) is 0.946. The van der Waals surface area contributed by atoms with Crippen LogP contribution in [0.5, 0.6) is 0 Å². The molecule has 3 aromatic rings. The molecule has 0 saturated heterocycles. The van der Waals surface area contributed by atoms with Crippen LogP contribution in [0.2, 0.25) is 19.6 Å². The second kappa shape index (κ2) is 8.33. The molecule has 1 N–H and O–H groups in total. The van der Waals surface area contributed by atoms with Gasteiger partial charge in [0, 0.05) is 0 Å². The fourth-order valence-corrected chi connectivity index (χ4v) is 5.80. The van der Waals surface area contributed by atoms with Gasteiger partial charge in [-0.05, 0) is 53.7 Å². The summed E-state index contributed by atoms with van der Waals surface area (Å²) in [6.45, 7) is 11.0. The molecule has 0 aliphatic rings. The molecule has 0 aliphatic carbocycles. The summed E-state index contributed by atoms with van der Waals surface area (Å²) in [5.74, 6) is 0.316. The van der Waals surface area contributed by atoms with Gasteiger partial charge in [0.05, 0.1) is 11.0 Å². The van der Waals surface area contributed by atoms with Crippen molar-refractivity contribution in [3.63, 3.8) is 0 Å². The quantitative estimate of drug-likeness (QED) is 0.446. The number of aliphatic hydroxyl groups is 1. The van der Waals surface area contributed by atoms with E-state index >= 15 is 0 Å². The molecule has 0 aliphatic heterocycles. The fourth-order valence-electron chi connectivity index (χ4n) is 3.56. The van der Waals surface area contributed by atoms with Gasteiger partial charge >= 0.3 is 0 Å². The zero-order valence-corrected chi connectivity index (χ0v) is 19.2. The third kappa shape index (κ3) is 4.30. The number of benzene rings is 2. The van der Waals surface area contributed by atoms with E-state index in [0.29, 0.717) is 5.92 Å². The summed E-state index contributed by atoms with van der Waals surface area (Å²) in [7, 11) is -1.76. The van der Waals surface area contributed by atoms with Crippen LogP contribution < -0.4 is 0 Å². The summed E-state index contributed by atoms with van der Waals surface area (Å²) < 4.78 is 6.59. The Morgan fingerprint density at radius 3 is 1.79 bits per heavy atom. The maximum Gasteiger partial charge on any atom is 0.184 e. The molecule has 0 amide bonds. The van der Waals surface area contributed by atoms with E-state index < -0.39 is 13.9 Å². The first-order chi connectivity index (χ1) is 13.2. The summed E-state index contributed by atoms with van der Waals surface area (Å²) in [6.07, 6.45) is -0.0353. The Hall–Kier alpha value is -1.72. The predicted octanol–water partition coefficient (Wildman–Crippen LogP) is 6.58. The Labute approximate surface area is 174 Å². The minimum Gasteiger partial charge on any atom is -0.410 e. The largest absolute Gasteiger partial charge is 0.410 e. The van der Waals surface area contributed by atoms with E-state index in [-0.39, 0.29) is 6.10 Å². The van der Waals surface area contributed by atoms with Gasteiger partial charge in [0.25, 0.3) is 0 Å². The van der Waals surface area contributed by atoms with E-state index in [0.717, 1.165) is 21.6 Å². The molecule has 2 aromatic carbocycles. The molecule has 0 spiro atoms. The molecule has 4 heteroatoms. The first kappa shape index (κ1) is 21.0. The summed E-state index contributed by atoms with van der Waals surface area (Å²) >= 11 is 1.60. The van der Waals surface area contributed by atoms with Crippen molar-refractivity contribution in [3.05, 3.63) is 93.7 Å². The highest BCUT2D eigenvalue weighted by Gasteiger charge is 2.39. The van der Waals surface area contributed by atoms with Crippen molar-refractivity contribution < 1.29 is 9.53 Å². The first-order valence-corrected chi connectivity index (χ1v) is 14.1. The SMILES string of the molecule is CC(C)C(O[Si](C)(C)C)c1ccsc1C(O)(c1ccccc1)c1ccccc1. The Morgan fingerprint density at radius 2 is 1.36 bits per heavy atom. The predicted molar refractivity (Wildman–Crippen MR) is 121 cm³/mol. The monoisotopic (exact) mass is 410 g/mol. The van der Waals surface area contributed by atoms with Crippen molar-refractivity contribution in [1.29, 1.82) is 0 Å². The Morgan fingerprint density at radius 1 is 0.857 bits per heavy atom. The van der Waals surface area contributed by atoms with Gasteiger partial charge in [0.2, 0.25) is 0 Å². The Balaban J connectivity index is 2.20. The summed E-state index contributed by atoms with van der Waals surface area (Å²) in [5.41, 5.74) is 1.64. The Kier molecular flexibility index (Phi) is 6.25. The van der Waals surface area contributed by atoms with Crippen LogP contribution in [0, 0.1) is 5.92 Å². The minimum atomic E-state index is -1.76. The lowest BCUT2D eigenvalue weighted by molar-refractivity contribution is 0.114. The molecule has 1 unspecified atom stereocenters. The van der Waals surface area contributed by atoms with E-state index in [4.69, 9.17) is 4.43 Å². The van der Waals surface area contributed by atoms with Gasteiger partial charge in [0.15, 0.2) is 8.32 Å². The topological polar surface area (TPSA) is 29.5 Å². The third-order valence-corrected chi connectivity index (χ3v) is 6.80. The van der Waals surface area contributed by atoms with E-state index in [1.54, 1.807) is 11.3 Å². The molecule has 0 fully saturated rings. The van der Waals surface area contributed by atoms with Gasteiger partial charge in [-0.15, -0.1) is 11.3 Å². The first-order valence-electron chi connectivity index (χ1n) is 9.82. The van der Waals surface area contributed by atoms with Crippen LogP contribution in [0.1, 0.15) is 41.5 Å². The molecular formula is C24H30O2SSi. The third-order valence-electron chi connectivity index (χ3n) is 4.80. The molecule has 28 heavy (non-hydrogen) atoms. The van der Waals surface area contributed by atoms with Gasteiger partial charge in [-0.2, -0.15) is 0 Å². The number of rotatable bonds is 7. The highest BCUT2D eigenvalue weighted by Crippen LogP contribution is 2.45. The second-order valence-electron chi connectivity index (χ2n) is 8.54. The molecule has 1 heterocycles. The van der Waals surface area contributed by atoms with E-state index in [1.165, 1.54) is 0 Å². The zero-order chi connectivity index (χ0) is 20.4. The van der Waals surface area contributed by atoms with Crippen LogP contribution in [0.3, 0.4) is 0 Å². The average Bonchev–Trinajstić information content (AvgIpc) is 3.16. The molecule has 0 bridgehead atoms. The lowest BCUT2D eigenvalue weighted by Crippen LogP contribution is -2.33. The molecular weight excluding hydrogens is 380 g/mol. The molecule has 1 aromatic heterocycles. The van der Waals surface area contributed by atoms with Crippen LogP contribution >= 0.6 is 11.3 Å². The van der Waals surface area contributed by atoms with Crippen molar-refractivity contribution in [2.45, 2.75) is 45.2 Å². The lowest BCUT2D eigenvalue weighted by atomic mass is 9.82. The minimum absolute atomic E-state index is 0.0353. The van der Waals surface area contributed by atoms with Gasteiger partial charge in [-0.1, -0.05) is 74.5 Å². The molecule has 0 saturated carbocycles. The number of thiophene rings is 1. The van der Waals surface area contributed by atoms with Crippen LogP contribution in [-0.4, -0.2) is 13.4 Å². The molecule has 148 valence electrons. The van der Waals surface area contributed by atoms with E-state index in [1.807, 2.05) is 60.7 Å². The second-order valence-corrected chi connectivity index (χ2v) is 13.9. The van der Waals surface area contributed by atoms with Crippen molar-refractivity contribution in [2.75, 3.05) is 0 Å². The lowest BCUT2D eigenvalue weighted by Gasteiger charge is -2.34. The van der Waals surface area contributed by atoms with Gasteiger partial charge in [-0.3, -0.25) is 0 Å². The van der Waals surface area contributed by atoms with Crippen LogP contribution in [0.15, 0.2) is 72.1 Å². The van der Waals surface area contributed by atoms with Crippen molar-refractivity contribution in [1.82, 2.24) is 0 Å². The maximum atomic E-state index is 12.2. The molecule has 3 rings (SSSR count). The molecule has 0 radical (unpaired) electrons. The molecule has 1 atom stereocenters. The van der Waals surface area contributed by atoms with Gasteiger partial charge in [0.1, 0.15) is 5.60 Å². The van der Waals surface area contributed by atoms with Crippen molar-refractivity contribution in [3.8, 4) is 0 Å². The Bertz CT molecular complexity index is 842. The maximum absolute atomic E-state index is 12.2. The van der Waals surface area contributed by atoms with Crippen molar-refractivity contribution in [2.24, 2.45) is 5.92 Å². The van der Waals surface area contributed by atoms with Crippen LogP contribution in [-0.2, 0) is 10.0 Å².